The number of halogens is 1. The average Bonchev–Trinajstić information content (AvgIpc) is 2.67. The zero-order chi connectivity index (χ0) is 13.5. The van der Waals surface area contributed by atoms with Gasteiger partial charge in [0.05, 0.1) is 0 Å². The number of hydrogen-bond acceptors (Lipinski definition) is 1. The van der Waals surface area contributed by atoms with Crippen LogP contribution in [0.25, 0.3) is 0 Å². The zero-order valence-corrected chi connectivity index (χ0v) is 11.2. The molecule has 1 aromatic rings. The number of benzene rings is 1. The van der Waals surface area contributed by atoms with E-state index in [0.717, 1.165) is 31.5 Å². The van der Waals surface area contributed by atoms with Gasteiger partial charge in [0.25, 0.3) is 0 Å². The van der Waals surface area contributed by atoms with E-state index in [1.165, 1.54) is 25.0 Å². The molecule has 1 N–H and O–H groups in total. The van der Waals surface area contributed by atoms with Crippen LogP contribution in [0.5, 0.6) is 0 Å². The Balaban J connectivity index is 1.74. The summed E-state index contributed by atoms with van der Waals surface area (Å²) in [6.07, 6.45) is 5.28. The number of rotatable bonds is 3. The van der Waals surface area contributed by atoms with Crippen LogP contribution in [0.3, 0.4) is 0 Å². The normalized spacial score (nSPS) is 15.9. The van der Waals surface area contributed by atoms with Crippen molar-refractivity contribution in [3.63, 3.8) is 0 Å². The summed E-state index contributed by atoms with van der Waals surface area (Å²) in [4.78, 5) is 13.8. The molecule has 0 saturated carbocycles. The van der Waals surface area contributed by atoms with E-state index in [-0.39, 0.29) is 11.8 Å². The van der Waals surface area contributed by atoms with Crippen molar-refractivity contribution >= 4 is 6.03 Å². The van der Waals surface area contributed by atoms with Crippen LogP contribution in [0.4, 0.5) is 9.18 Å². The lowest BCUT2D eigenvalue weighted by atomic mass is 10.1. The molecule has 1 fully saturated rings. The van der Waals surface area contributed by atoms with Crippen molar-refractivity contribution in [2.75, 3.05) is 19.6 Å². The van der Waals surface area contributed by atoms with Gasteiger partial charge >= 0.3 is 6.03 Å². The molecule has 1 aliphatic rings. The van der Waals surface area contributed by atoms with Crippen LogP contribution in [0.15, 0.2) is 24.3 Å². The summed E-state index contributed by atoms with van der Waals surface area (Å²) in [5, 5.41) is 2.91. The molecule has 0 bridgehead atoms. The highest BCUT2D eigenvalue weighted by atomic mass is 19.1. The molecule has 0 aromatic heterocycles. The Morgan fingerprint density at radius 3 is 2.63 bits per heavy atom. The molecule has 0 unspecified atom stereocenters. The van der Waals surface area contributed by atoms with Crippen LogP contribution in [0.2, 0.25) is 0 Å². The van der Waals surface area contributed by atoms with Crippen molar-refractivity contribution in [2.45, 2.75) is 32.1 Å². The molecule has 0 aliphatic carbocycles. The SMILES string of the molecule is O=C(NCCc1cccc(F)c1)N1CCCCCC1. The minimum absolute atomic E-state index is 0.0123. The highest BCUT2D eigenvalue weighted by molar-refractivity contribution is 5.74. The molecule has 1 saturated heterocycles. The van der Waals surface area contributed by atoms with Gasteiger partial charge in [0.2, 0.25) is 0 Å². The molecular weight excluding hydrogens is 243 g/mol. The first-order valence-corrected chi connectivity index (χ1v) is 7.03. The number of nitrogens with one attached hydrogen (secondary N) is 1. The van der Waals surface area contributed by atoms with Crippen LogP contribution in [0, 0.1) is 5.82 Å². The Morgan fingerprint density at radius 2 is 1.95 bits per heavy atom. The van der Waals surface area contributed by atoms with Gasteiger partial charge in [-0.1, -0.05) is 25.0 Å². The third kappa shape index (κ3) is 4.54. The van der Waals surface area contributed by atoms with E-state index in [0.29, 0.717) is 13.0 Å². The highest BCUT2D eigenvalue weighted by Crippen LogP contribution is 2.09. The first-order chi connectivity index (χ1) is 9.25. The number of carbonyl (C=O) groups excluding carboxylic acids is 1. The van der Waals surface area contributed by atoms with E-state index < -0.39 is 0 Å². The number of urea groups is 1. The second kappa shape index (κ2) is 7.12. The lowest BCUT2D eigenvalue weighted by Crippen LogP contribution is -2.41. The van der Waals surface area contributed by atoms with E-state index in [4.69, 9.17) is 0 Å². The van der Waals surface area contributed by atoms with Crippen molar-refractivity contribution in [1.82, 2.24) is 10.2 Å². The lowest BCUT2D eigenvalue weighted by Gasteiger charge is -2.20. The maximum Gasteiger partial charge on any atom is 0.317 e. The quantitative estimate of drug-likeness (QED) is 0.894. The fraction of sp³-hybridized carbons (Fsp3) is 0.533. The largest absolute Gasteiger partial charge is 0.338 e. The molecule has 1 heterocycles. The molecular formula is C15H21FN2O. The van der Waals surface area contributed by atoms with E-state index in [2.05, 4.69) is 5.32 Å². The Morgan fingerprint density at radius 1 is 1.21 bits per heavy atom. The molecule has 3 nitrogen and oxygen atoms in total. The smallest absolute Gasteiger partial charge is 0.317 e. The van der Waals surface area contributed by atoms with E-state index in [1.54, 1.807) is 6.07 Å². The minimum atomic E-state index is -0.226. The number of carbonyl (C=O) groups is 1. The Bertz CT molecular complexity index is 414. The van der Waals surface area contributed by atoms with Crippen LogP contribution in [-0.2, 0) is 6.42 Å². The first-order valence-electron chi connectivity index (χ1n) is 7.03. The monoisotopic (exact) mass is 264 g/mol. The fourth-order valence-corrected chi connectivity index (χ4v) is 2.39. The highest BCUT2D eigenvalue weighted by Gasteiger charge is 2.14. The van der Waals surface area contributed by atoms with Gasteiger partial charge in [0.1, 0.15) is 5.82 Å². The molecule has 2 amide bonds. The van der Waals surface area contributed by atoms with E-state index >= 15 is 0 Å². The Labute approximate surface area is 113 Å². The predicted octanol–water partition coefficient (Wildman–Crippen LogP) is 2.95. The zero-order valence-electron chi connectivity index (χ0n) is 11.2. The first kappa shape index (κ1) is 13.8. The summed E-state index contributed by atoms with van der Waals surface area (Å²) in [6.45, 7) is 2.26. The summed E-state index contributed by atoms with van der Waals surface area (Å²) in [5.41, 5.74) is 0.913. The predicted molar refractivity (Wildman–Crippen MR) is 73.5 cm³/mol. The third-order valence-electron chi connectivity index (χ3n) is 3.47. The second-order valence-electron chi connectivity index (χ2n) is 5.01. The summed E-state index contributed by atoms with van der Waals surface area (Å²) >= 11 is 0. The molecule has 0 atom stereocenters. The molecule has 19 heavy (non-hydrogen) atoms. The molecule has 2 rings (SSSR count). The lowest BCUT2D eigenvalue weighted by molar-refractivity contribution is 0.200. The van der Waals surface area contributed by atoms with Crippen molar-refractivity contribution in [3.05, 3.63) is 35.6 Å². The minimum Gasteiger partial charge on any atom is -0.338 e. The van der Waals surface area contributed by atoms with Crippen LogP contribution in [-0.4, -0.2) is 30.6 Å². The summed E-state index contributed by atoms with van der Waals surface area (Å²) in [6, 6.07) is 6.53. The molecule has 0 spiro atoms. The number of likely N-dealkylation sites (tertiary alicyclic amines) is 1. The number of amides is 2. The molecule has 1 aromatic carbocycles. The summed E-state index contributed by atoms with van der Waals surface area (Å²) in [5.74, 6) is -0.226. The third-order valence-corrected chi connectivity index (χ3v) is 3.47. The van der Waals surface area contributed by atoms with Crippen LogP contribution in [0.1, 0.15) is 31.2 Å². The maximum atomic E-state index is 13.0. The van der Waals surface area contributed by atoms with Gasteiger partial charge in [-0.3, -0.25) is 0 Å². The van der Waals surface area contributed by atoms with Gasteiger partial charge in [-0.25, -0.2) is 9.18 Å². The molecule has 4 heteroatoms. The van der Waals surface area contributed by atoms with Gasteiger partial charge in [0.15, 0.2) is 0 Å². The molecule has 104 valence electrons. The van der Waals surface area contributed by atoms with Gasteiger partial charge in [-0.05, 0) is 37.0 Å². The summed E-state index contributed by atoms with van der Waals surface area (Å²) < 4.78 is 13.0. The van der Waals surface area contributed by atoms with Crippen LogP contribution < -0.4 is 5.32 Å². The van der Waals surface area contributed by atoms with Gasteiger partial charge in [-0.15, -0.1) is 0 Å². The molecule has 0 radical (unpaired) electrons. The maximum absolute atomic E-state index is 13.0. The van der Waals surface area contributed by atoms with Crippen molar-refractivity contribution in [3.8, 4) is 0 Å². The van der Waals surface area contributed by atoms with E-state index in [1.807, 2.05) is 11.0 Å². The van der Waals surface area contributed by atoms with Gasteiger partial charge < -0.3 is 10.2 Å². The van der Waals surface area contributed by atoms with Crippen molar-refractivity contribution in [2.24, 2.45) is 0 Å². The topological polar surface area (TPSA) is 32.3 Å². The standard InChI is InChI=1S/C15H21FN2O/c16-14-7-5-6-13(12-14)8-9-17-15(19)18-10-3-1-2-4-11-18/h5-7,12H,1-4,8-11H2,(H,17,19). The number of nitrogens with zero attached hydrogens (tertiary/aromatic N) is 1. The average molecular weight is 264 g/mol. The summed E-state index contributed by atoms with van der Waals surface area (Å²) in [7, 11) is 0. The Kier molecular flexibility index (Phi) is 5.19. The Hall–Kier alpha value is -1.58. The van der Waals surface area contributed by atoms with Crippen molar-refractivity contribution < 1.29 is 9.18 Å². The second-order valence-corrected chi connectivity index (χ2v) is 5.01. The van der Waals surface area contributed by atoms with E-state index in [9.17, 15) is 9.18 Å². The van der Waals surface area contributed by atoms with Crippen molar-refractivity contribution in [1.29, 1.82) is 0 Å². The van der Waals surface area contributed by atoms with Gasteiger partial charge in [0, 0.05) is 19.6 Å². The van der Waals surface area contributed by atoms with Crippen LogP contribution >= 0.6 is 0 Å². The number of hydrogen-bond donors (Lipinski definition) is 1. The van der Waals surface area contributed by atoms with Gasteiger partial charge in [-0.2, -0.15) is 0 Å². The molecule has 1 aliphatic heterocycles. The fourth-order valence-electron chi connectivity index (χ4n) is 2.39.